The minimum atomic E-state index is -0.611. The lowest BCUT2D eigenvalue weighted by Gasteiger charge is -2.46. The Morgan fingerprint density at radius 1 is 1.24 bits per heavy atom. The number of urea groups is 1. The fourth-order valence-corrected chi connectivity index (χ4v) is 4.18. The van der Waals surface area contributed by atoms with Crippen LogP contribution in [0, 0.1) is 34.5 Å². The number of likely N-dealkylation sites (tertiary alicyclic amines) is 2. The molecule has 2 fully saturated rings. The zero-order valence-corrected chi connectivity index (χ0v) is 16.6. The minimum absolute atomic E-state index is 0.168. The maximum atomic E-state index is 12.3. The van der Waals surface area contributed by atoms with Crippen molar-refractivity contribution in [2.24, 2.45) is 11.8 Å². The fourth-order valence-electron chi connectivity index (χ4n) is 4.18. The molecule has 2 saturated heterocycles. The van der Waals surface area contributed by atoms with Crippen molar-refractivity contribution >= 4 is 6.03 Å². The second kappa shape index (κ2) is 9.60. The van der Waals surface area contributed by atoms with E-state index in [1.807, 2.05) is 11.0 Å². The first-order chi connectivity index (χ1) is 14.0. The van der Waals surface area contributed by atoms with E-state index < -0.39 is 12.1 Å². The maximum absolute atomic E-state index is 12.3. The first-order valence-electron chi connectivity index (χ1n) is 9.95. The molecular formula is C21H27N5O3. The summed E-state index contributed by atoms with van der Waals surface area (Å²) in [4.78, 5) is 16.4. The number of piperidine rings is 2. The first-order valence-corrected chi connectivity index (χ1v) is 9.95. The number of benzene rings is 1. The van der Waals surface area contributed by atoms with Gasteiger partial charge in [-0.3, -0.25) is 4.90 Å². The number of amides is 2. The van der Waals surface area contributed by atoms with Crippen LogP contribution in [0.15, 0.2) is 24.3 Å². The third-order valence-corrected chi connectivity index (χ3v) is 5.37. The molecule has 2 aliphatic rings. The van der Waals surface area contributed by atoms with Crippen molar-refractivity contribution in [1.29, 1.82) is 10.5 Å². The number of nitriles is 2. The molecule has 0 spiro atoms. The Labute approximate surface area is 171 Å². The Hall–Kier alpha value is -2.81. The predicted octanol–water partition coefficient (Wildman–Crippen LogP) is 1.17. The fraction of sp³-hybridized carbons (Fsp3) is 0.571. The van der Waals surface area contributed by atoms with Crippen LogP contribution in [0.4, 0.5) is 4.79 Å². The van der Waals surface area contributed by atoms with E-state index in [1.165, 1.54) is 0 Å². The van der Waals surface area contributed by atoms with Gasteiger partial charge in [-0.1, -0.05) is 0 Å². The average molecular weight is 397 g/mol. The topological polar surface area (TPSA) is 113 Å². The summed E-state index contributed by atoms with van der Waals surface area (Å²) in [6, 6.07) is 10.2. The number of β-amino-alcohol motifs (C(OH)–C–C–N with tert-alkyl or cyclic N) is 1. The molecule has 0 aliphatic carbocycles. The molecule has 29 heavy (non-hydrogen) atoms. The second-order valence-electron chi connectivity index (χ2n) is 7.99. The second-order valence-corrected chi connectivity index (χ2v) is 7.99. The third kappa shape index (κ3) is 5.83. The highest BCUT2D eigenvalue weighted by molar-refractivity contribution is 5.75. The van der Waals surface area contributed by atoms with Crippen molar-refractivity contribution in [2.75, 3.05) is 39.3 Å². The van der Waals surface area contributed by atoms with E-state index >= 15 is 0 Å². The lowest BCUT2D eigenvalue weighted by atomic mass is 9.84. The number of carbonyl (C=O) groups excluding carboxylic acids is 1. The predicted molar refractivity (Wildman–Crippen MR) is 106 cm³/mol. The normalized spacial score (nSPS) is 23.4. The van der Waals surface area contributed by atoms with Gasteiger partial charge in [-0.15, -0.1) is 0 Å². The van der Waals surface area contributed by atoms with Crippen LogP contribution in [0.2, 0.25) is 0 Å². The van der Waals surface area contributed by atoms with Gasteiger partial charge >= 0.3 is 6.03 Å². The SMILES string of the molecule is CC(C#N)NC(=O)N1CC2CC(CN(CC(O)COc3ccc(C#N)cc3)C2)C1. The van der Waals surface area contributed by atoms with Crippen molar-refractivity contribution in [2.45, 2.75) is 25.5 Å². The Kier molecular flexibility index (Phi) is 6.92. The van der Waals surface area contributed by atoms with Crippen LogP contribution in [-0.4, -0.2) is 72.4 Å². The van der Waals surface area contributed by atoms with Crippen LogP contribution in [0.25, 0.3) is 0 Å². The molecule has 2 bridgehead atoms. The summed E-state index contributed by atoms with van der Waals surface area (Å²) in [5.41, 5.74) is 0.572. The molecule has 2 aliphatic heterocycles. The van der Waals surface area contributed by atoms with Gasteiger partial charge in [0.1, 0.15) is 24.5 Å². The summed E-state index contributed by atoms with van der Waals surface area (Å²) in [6.45, 7) is 5.42. The lowest BCUT2D eigenvalue weighted by molar-refractivity contribution is 0.00911. The number of nitrogens with one attached hydrogen (secondary N) is 1. The standard InChI is InChI=1S/C21H27N5O3/c1-15(7-22)24-21(28)26-11-17-6-18(12-26)10-25(9-17)13-19(27)14-29-20-4-2-16(8-23)3-5-20/h2-5,15,17-19,27H,6,9-14H2,1H3,(H,24,28). The Morgan fingerprint density at radius 2 is 1.90 bits per heavy atom. The molecule has 0 saturated carbocycles. The highest BCUT2D eigenvalue weighted by Gasteiger charge is 2.36. The third-order valence-electron chi connectivity index (χ3n) is 5.37. The molecule has 4 atom stereocenters. The summed E-state index contributed by atoms with van der Waals surface area (Å²) in [6.07, 6.45) is 0.478. The molecule has 0 aromatic heterocycles. The van der Waals surface area contributed by atoms with E-state index in [0.717, 1.165) is 19.5 Å². The molecular weight excluding hydrogens is 370 g/mol. The van der Waals surface area contributed by atoms with Gasteiger partial charge in [0, 0.05) is 32.7 Å². The number of hydrogen-bond donors (Lipinski definition) is 2. The Balaban J connectivity index is 1.44. The zero-order valence-electron chi connectivity index (χ0n) is 16.6. The molecule has 154 valence electrons. The Bertz CT molecular complexity index is 771. The van der Waals surface area contributed by atoms with Gasteiger partial charge in [0.25, 0.3) is 0 Å². The van der Waals surface area contributed by atoms with Crippen LogP contribution in [0.5, 0.6) is 5.75 Å². The van der Waals surface area contributed by atoms with Crippen LogP contribution in [0.3, 0.4) is 0 Å². The minimum Gasteiger partial charge on any atom is -0.491 e. The van der Waals surface area contributed by atoms with Crippen LogP contribution >= 0.6 is 0 Å². The molecule has 0 radical (unpaired) electrons. The monoisotopic (exact) mass is 397 g/mol. The van der Waals surface area contributed by atoms with Crippen LogP contribution in [-0.2, 0) is 0 Å². The molecule has 8 nitrogen and oxygen atoms in total. The number of hydrogen-bond acceptors (Lipinski definition) is 6. The van der Waals surface area contributed by atoms with Crippen molar-refractivity contribution in [3.05, 3.63) is 29.8 Å². The van der Waals surface area contributed by atoms with Gasteiger partial charge in [-0.2, -0.15) is 10.5 Å². The molecule has 2 N–H and O–H groups in total. The number of aliphatic hydroxyl groups is 1. The van der Waals surface area contributed by atoms with E-state index in [-0.39, 0.29) is 12.6 Å². The molecule has 1 aromatic carbocycles. The molecule has 2 heterocycles. The molecule has 2 amide bonds. The molecule has 1 aromatic rings. The number of ether oxygens (including phenoxy) is 1. The van der Waals surface area contributed by atoms with E-state index in [4.69, 9.17) is 15.3 Å². The summed E-state index contributed by atoms with van der Waals surface area (Å²) >= 11 is 0. The first kappa shape index (κ1) is 20.9. The molecule has 3 rings (SSSR count). The van der Waals surface area contributed by atoms with Crippen LogP contribution < -0.4 is 10.1 Å². The van der Waals surface area contributed by atoms with E-state index in [1.54, 1.807) is 31.2 Å². The smallest absolute Gasteiger partial charge is 0.318 e. The van der Waals surface area contributed by atoms with Gasteiger partial charge in [-0.05, 0) is 49.4 Å². The van der Waals surface area contributed by atoms with E-state index in [0.29, 0.717) is 42.8 Å². The zero-order chi connectivity index (χ0) is 20.8. The largest absolute Gasteiger partial charge is 0.491 e. The number of fused-ring (bicyclic) bond motifs is 2. The Morgan fingerprint density at radius 3 is 2.48 bits per heavy atom. The number of carbonyl (C=O) groups is 1. The highest BCUT2D eigenvalue weighted by Crippen LogP contribution is 2.28. The highest BCUT2D eigenvalue weighted by atomic mass is 16.5. The summed E-state index contributed by atoms with van der Waals surface area (Å²) in [7, 11) is 0. The number of nitrogens with zero attached hydrogens (tertiary/aromatic N) is 4. The van der Waals surface area contributed by atoms with Gasteiger partial charge in [0.15, 0.2) is 0 Å². The lowest BCUT2D eigenvalue weighted by Crippen LogP contribution is -2.57. The van der Waals surface area contributed by atoms with Crippen molar-refractivity contribution < 1.29 is 14.6 Å². The maximum Gasteiger partial charge on any atom is 0.318 e. The van der Waals surface area contributed by atoms with Gasteiger partial charge in [0.2, 0.25) is 0 Å². The van der Waals surface area contributed by atoms with E-state index in [9.17, 15) is 9.90 Å². The van der Waals surface area contributed by atoms with Crippen molar-refractivity contribution in [3.8, 4) is 17.9 Å². The van der Waals surface area contributed by atoms with Crippen molar-refractivity contribution in [3.63, 3.8) is 0 Å². The number of aliphatic hydroxyl groups excluding tert-OH is 1. The number of rotatable bonds is 6. The average Bonchev–Trinajstić information content (AvgIpc) is 2.71. The summed E-state index contributed by atoms with van der Waals surface area (Å²) < 4.78 is 5.63. The van der Waals surface area contributed by atoms with Gasteiger partial charge < -0.3 is 20.1 Å². The van der Waals surface area contributed by atoms with Gasteiger partial charge in [0.05, 0.1) is 17.7 Å². The van der Waals surface area contributed by atoms with Crippen molar-refractivity contribution in [1.82, 2.24) is 15.1 Å². The van der Waals surface area contributed by atoms with Crippen LogP contribution in [0.1, 0.15) is 18.9 Å². The van der Waals surface area contributed by atoms with Gasteiger partial charge in [-0.25, -0.2) is 4.79 Å². The quantitative estimate of drug-likeness (QED) is 0.745. The van der Waals surface area contributed by atoms with E-state index in [2.05, 4.69) is 16.3 Å². The summed E-state index contributed by atoms with van der Waals surface area (Å²) in [5.74, 6) is 1.38. The summed E-state index contributed by atoms with van der Waals surface area (Å²) in [5, 5.41) is 30.8. The molecule has 4 unspecified atom stereocenters. The molecule has 8 heteroatoms.